The zero-order chi connectivity index (χ0) is 11.6. The van der Waals surface area contributed by atoms with Crippen LogP contribution in [0.1, 0.15) is 32.6 Å². The molecule has 0 aromatic rings. The molecule has 0 aromatic heterocycles. The summed E-state index contributed by atoms with van der Waals surface area (Å²) in [6.07, 6.45) is 2.37. The van der Waals surface area contributed by atoms with Gasteiger partial charge in [0, 0.05) is 12.4 Å². The van der Waals surface area contributed by atoms with Gasteiger partial charge in [0.2, 0.25) is 0 Å². The second kappa shape index (κ2) is 5.25. The smallest absolute Gasteiger partial charge is 0.0828 e. The number of aliphatic hydroxyl groups excluding tert-OH is 2. The summed E-state index contributed by atoms with van der Waals surface area (Å²) in [5, 5.41) is 19.8. The first-order chi connectivity index (χ1) is 7.67. The number of thioether (sulfide) groups is 1. The summed E-state index contributed by atoms with van der Waals surface area (Å²) in [6, 6.07) is 0. The molecule has 2 rings (SSSR count). The molecule has 0 amide bonds. The zero-order valence-corrected chi connectivity index (χ0v) is 10.7. The van der Waals surface area contributed by atoms with Crippen LogP contribution < -0.4 is 0 Å². The highest BCUT2D eigenvalue weighted by Gasteiger charge is 2.43. The largest absolute Gasteiger partial charge is 0.390 e. The number of ether oxygens (including phenoxy) is 1. The standard InChI is InChI=1S/C12H22O3S/c1-2-10(13)11(14)9-3-5-15-12(7-9)4-6-16-8-12/h9-11,13-14H,2-8H2,1H3. The van der Waals surface area contributed by atoms with Gasteiger partial charge in [0.1, 0.15) is 0 Å². The second-order valence-electron chi connectivity index (χ2n) is 5.05. The zero-order valence-electron chi connectivity index (χ0n) is 9.89. The van der Waals surface area contributed by atoms with Crippen molar-refractivity contribution in [3.8, 4) is 0 Å². The van der Waals surface area contributed by atoms with Crippen LogP contribution in [0, 0.1) is 5.92 Å². The van der Waals surface area contributed by atoms with Gasteiger partial charge < -0.3 is 14.9 Å². The van der Waals surface area contributed by atoms with Crippen molar-refractivity contribution in [1.29, 1.82) is 0 Å². The normalized spacial score (nSPS) is 38.8. The van der Waals surface area contributed by atoms with Crippen LogP contribution in [-0.2, 0) is 4.74 Å². The Labute approximate surface area is 102 Å². The van der Waals surface area contributed by atoms with Gasteiger partial charge in [-0.2, -0.15) is 11.8 Å². The SMILES string of the molecule is CCC(O)C(O)C1CCOC2(CCSC2)C1. The van der Waals surface area contributed by atoms with E-state index in [1.54, 1.807) is 0 Å². The lowest BCUT2D eigenvalue weighted by Crippen LogP contribution is -2.45. The molecule has 0 bridgehead atoms. The van der Waals surface area contributed by atoms with Crippen molar-refractivity contribution in [3.05, 3.63) is 0 Å². The minimum absolute atomic E-state index is 0.00201. The first kappa shape index (κ1) is 12.7. The van der Waals surface area contributed by atoms with E-state index in [4.69, 9.17) is 4.74 Å². The fraction of sp³-hybridized carbons (Fsp3) is 1.00. The molecule has 0 aliphatic carbocycles. The van der Waals surface area contributed by atoms with Crippen LogP contribution in [0.5, 0.6) is 0 Å². The van der Waals surface area contributed by atoms with E-state index < -0.39 is 12.2 Å². The summed E-state index contributed by atoms with van der Waals surface area (Å²) >= 11 is 1.94. The molecule has 2 fully saturated rings. The van der Waals surface area contributed by atoms with Crippen LogP contribution in [0.4, 0.5) is 0 Å². The first-order valence-corrected chi connectivity index (χ1v) is 7.40. The van der Waals surface area contributed by atoms with E-state index in [0.29, 0.717) is 6.42 Å². The van der Waals surface area contributed by atoms with Gasteiger partial charge in [-0.3, -0.25) is 0 Å². The Morgan fingerprint density at radius 2 is 2.31 bits per heavy atom. The quantitative estimate of drug-likeness (QED) is 0.791. The Bertz CT molecular complexity index is 228. The van der Waals surface area contributed by atoms with Crippen molar-refractivity contribution >= 4 is 11.8 Å². The number of hydrogen-bond donors (Lipinski definition) is 2. The summed E-state index contributed by atoms with van der Waals surface area (Å²) in [7, 11) is 0. The van der Waals surface area contributed by atoms with Crippen molar-refractivity contribution in [2.75, 3.05) is 18.1 Å². The van der Waals surface area contributed by atoms with Crippen LogP contribution in [0.3, 0.4) is 0 Å². The highest BCUT2D eigenvalue weighted by atomic mass is 32.2. The van der Waals surface area contributed by atoms with Gasteiger partial charge >= 0.3 is 0 Å². The molecule has 4 atom stereocenters. The molecule has 16 heavy (non-hydrogen) atoms. The Morgan fingerprint density at radius 1 is 1.50 bits per heavy atom. The van der Waals surface area contributed by atoms with Gasteiger partial charge in [0.25, 0.3) is 0 Å². The monoisotopic (exact) mass is 246 g/mol. The van der Waals surface area contributed by atoms with Gasteiger partial charge in [-0.25, -0.2) is 0 Å². The average molecular weight is 246 g/mol. The predicted molar refractivity (Wildman–Crippen MR) is 65.7 cm³/mol. The van der Waals surface area contributed by atoms with Crippen LogP contribution in [0.15, 0.2) is 0 Å². The Hall–Kier alpha value is 0.230. The van der Waals surface area contributed by atoms with Gasteiger partial charge in [0.05, 0.1) is 17.8 Å². The minimum atomic E-state index is -0.575. The lowest BCUT2D eigenvalue weighted by Gasteiger charge is -2.40. The minimum Gasteiger partial charge on any atom is -0.390 e. The lowest BCUT2D eigenvalue weighted by atomic mass is 9.80. The highest BCUT2D eigenvalue weighted by Crippen LogP contribution is 2.41. The highest BCUT2D eigenvalue weighted by molar-refractivity contribution is 7.99. The van der Waals surface area contributed by atoms with Crippen LogP contribution in [0.2, 0.25) is 0 Å². The van der Waals surface area contributed by atoms with E-state index in [-0.39, 0.29) is 11.5 Å². The fourth-order valence-electron chi connectivity index (χ4n) is 2.78. The van der Waals surface area contributed by atoms with E-state index in [9.17, 15) is 10.2 Å². The molecular formula is C12H22O3S. The first-order valence-electron chi connectivity index (χ1n) is 6.25. The van der Waals surface area contributed by atoms with Crippen molar-refractivity contribution in [2.45, 2.75) is 50.4 Å². The third kappa shape index (κ3) is 2.55. The van der Waals surface area contributed by atoms with E-state index in [0.717, 1.165) is 31.6 Å². The molecule has 2 N–H and O–H groups in total. The third-order valence-corrected chi connectivity index (χ3v) is 5.12. The summed E-state index contributed by atoms with van der Waals surface area (Å²) < 4.78 is 5.91. The molecule has 2 aliphatic rings. The summed E-state index contributed by atoms with van der Waals surface area (Å²) in [6.45, 7) is 2.65. The van der Waals surface area contributed by atoms with Crippen LogP contribution >= 0.6 is 11.8 Å². The van der Waals surface area contributed by atoms with Crippen LogP contribution in [0.25, 0.3) is 0 Å². The predicted octanol–water partition coefficient (Wildman–Crippen LogP) is 1.42. The number of rotatable bonds is 3. The van der Waals surface area contributed by atoms with E-state index in [1.807, 2.05) is 18.7 Å². The number of hydrogen-bond acceptors (Lipinski definition) is 4. The molecule has 2 aliphatic heterocycles. The molecule has 94 valence electrons. The molecular weight excluding hydrogens is 224 g/mol. The second-order valence-corrected chi connectivity index (χ2v) is 6.16. The van der Waals surface area contributed by atoms with Crippen molar-refractivity contribution in [3.63, 3.8) is 0 Å². The molecule has 3 nitrogen and oxygen atoms in total. The van der Waals surface area contributed by atoms with Gasteiger partial charge in [-0.05, 0) is 37.4 Å². The maximum absolute atomic E-state index is 10.1. The Morgan fingerprint density at radius 3 is 2.94 bits per heavy atom. The van der Waals surface area contributed by atoms with E-state index in [1.165, 1.54) is 5.75 Å². The van der Waals surface area contributed by atoms with E-state index >= 15 is 0 Å². The third-order valence-electron chi connectivity index (χ3n) is 3.89. The maximum Gasteiger partial charge on any atom is 0.0828 e. The van der Waals surface area contributed by atoms with E-state index in [2.05, 4.69) is 0 Å². The summed E-state index contributed by atoms with van der Waals surface area (Å²) in [5.74, 6) is 2.43. The van der Waals surface area contributed by atoms with Gasteiger partial charge in [0.15, 0.2) is 0 Å². The molecule has 2 saturated heterocycles. The lowest BCUT2D eigenvalue weighted by molar-refractivity contribution is -0.119. The molecule has 4 unspecified atom stereocenters. The van der Waals surface area contributed by atoms with Gasteiger partial charge in [-0.15, -0.1) is 0 Å². The molecule has 4 heteroatoms. The van der Waals surface area contributed by atoms with Crippen LogP contribution in [-0.4, -0.2) is 46.1 Å². The summed E-state index contributed by atoms with van der Waals surface area (Å²) in [4.78, 5) is 0. The summed E-state index contributed by atoms with van der Waals surface area (Å²) in [5.41, 5.74) is 0.00201. The number of aliphatic hydroxyl groups is 2. The maximum atomic E-state index is 10.1. The molecule has 0 saturated carbocycles. The molecule has 0 aromatic carbocycles. The average Bonchev–Trinajstić information content (AvgIpc) is 2.75. The van der Waals surface area contributed by atoms with Crippen molar-refractivity contribution in [1.82, 2.24) is 0 Å². The van der Waals surface area contributed by atoms with Gasteiger partial charge in [-0.1, -0.05) is 6.92 Å². The molecule has 2 heterocycles. The fourth-order valence-corrected chi connectivity index (χ4v) is 4.15. The topological polar surface area (TPSA) is 49.7 Å². The Balaban J connectivity index is 1.95. The Kier molecular flexibility index (Phi) is 4.16. The molecule has 1 spiro atoms. The van der Waals surface area contributed by atoms with Crippen molar-refractivity contribution < 1.29 is 14.9 Å². The van der Waals surface area contributed by atoms with Crippen molar-refractivity contribution in [2.24, 2.45) is 5.92 Å². The molecule has 0 radical (unpaired) electrons.